The molecule has 1 atom stereocenters. The van der Waals surface area contributed by atoms with Gasteiger partial charge in [0.05, 0.1) is 0 Å². The van der Waals surface area contributed by atoms with Gasteiger partial charge in [-0.1, -0.05) is 34.1 Å². The van der Waals surface area contributed by atoms with Crippen LogP contribution in [-0.2, 0) is 0 Å². The maximum atomic E-state index is 3.53. The topological polar surface area (TPSA) is 15.3 Å². The molecule has 0 aromatic rings. The maximum absolute atomic E-state index is 3.53. The molecule has 86 valence electrons. The normalized spacial score (nSPS) is 13.5. The van der Waals surface area contributed by atoms with E-state index in [9.17, 15) is 0 Å². The van der Waals surface area contributed by atoms with Gasteiger partial charge in [0.15, 0.2) is 0 Å². The molecular weight excluding hydrogens is 172 g/mol. The van der Waals surface area contributed by atoms with Gasteiger partial charge in [-0.15, -0.1) is 0 Å². The molecule has 0 saturated heterocycles. The van der Waals surface area contributed by atoms with Crippen molar-refractivity contribution < 1.29 is 0 Å². The van der Waals surface area contributed by atoms with Crippen LogP contribution >= 0.6 is 0 Å². The van der Waals surface area contributed by atoms with E-state index in [1.165, 1.54) is 39.0 Å². The molecule has 0 aromatic carbocycles. The lowest BCUT2D eigenvalue weighted by atomic mass is 10.1. The lowest BCUT2D eigenvalue weighted by molar-refractivity contribution is 0.299. The van der Waals surface area contributed by atoms with E-state index in [-0.39, 0.29) is 0 Å². The van der Waals surface area contributed by atoms with Gasteiger partial charge in [-0.25, -0.2) is 0 Å². The number of hydrogen-bond donors (Lipinski definition) is 1. The summed E-state index contributed by atoms with van der Waals surface area (Å²) < 4.78 is 0. The van der Waals surface area contributed by atoms with E-state index < -0.39 is 0 Å². The molecule has 0 rings (SSSR count). The summed E-state index contributed by atoms with van der Waals surface area (Å²) in [5.74, 6) is 0.830. The first kappa shape index (κ1) is 13.9. The van der Waals surface area contributed by atoms with Crippen LogP contribution in [0.3, 0.4) is 0 Å². The van der Waals surface area contributed by atoms with Gasteiger partial charge in [0.2, 0.25) is 0 Å². The minimum Gasteiger partial charge on any atom is -0.315 e. The van der Waals surface area contributed by atoms with Crippen LogP contribution < -0.4 is 5.32 Å². The van der Waals surface area contributed by atoms with Gasteiger partial charge >= 0.3 is 0 Å². The third-order valence-electron chi connectivity index (χ3n) is 2.77. The van der Waals surface area contributed by atoms with Gasteiger partial charge in [-0.05, 0) is 32.0 Å². The molecule has 0 aromatic heterocycles. The Labute approximate surface area is 90.1 Å². The predicted molar refractivity (Wildman–Crippen MR) is 64.7 cm³/mol. The molecule has 2 heteroatoms. The molecule has 0 bridgehead atoms. The minimum atomic E-state index is 0.830. The predicted octanol–water partition coefficient (Wildman–Crippen LogP) is 2.35. The SMILES string of the molecule is CCCC(C)CNCCN(CC)CC. The average molecular weight is 200 g/mol. The van der Waals surface area contributed by atoms with Crippen molar-refractivity contribution in [2.24, 2.45) is 5.92 Å². The maximum Gasteiger partial charge on any atom is 0.0107 e. The minimum absolute atomic E-state index is 0.830. The highest BCUT2D eigenvalue weighted by Gasteiger charge is 2.01. The number of nitrogens with one attached hydrogen (secondary N) is 1. The monoisotopic (exact) mass is 200 g/mol. The molecule has 1 unspecified atom stereocenters. The van der Waals surface area contributed by atoms with E-state index >= 15 is 0 Å². The summed E-state index contributed by atoms with van der Waals surface area (Å²) >= 11 is 0. The van der Waals surface area contributed by atoms with Crippen LogP contribution in [0, 0.1) is 5.92 Å². The van der Waals surface area contributed by atoms with Crippen molar-refractivity contribution in [3.63, 3.8) is 0 Å². The van der Waals surface area contributed by atoms with Crippen LogP contribution in [-0.4, -0.2) is 37.6 Å². The molecule has 14 heavy (non-hydrogen) atoms. The fourth-order valence-electron chi connectivity index (χ4n) is 1.72. The van der Waals surface area contributed by atoms with Gasteiger partial charge in [0.1, 0.15) is 0 Å². The summed E-state index contributed by atoms with van der Waals surface area (Å²) in [5, 5.41) is 3.53. The molecule has 0 spiro atoms. The Bertz CT molecular complexity index is 111. The van der Waals surface area contributed by atoms with E-state index in [0.29, 0.717) is 0 Å². The van der Waals surface area contributed by atoms with Gasteiger partial charge in [-0.3, -0.25) is 0 Å². The van der Waals surface area contributed by atoms with Crippen LogP contribution in [0.15, 0.2) is 0 Å². The van der Waals surface area contributed by atoms with Crippen molar-refractivity contribution in [2.45, 2.75) is 40.5 Å². The number of hydrogen-bond acceptors (Lipinski definition) is 2. The van der Waals surface area contributed by atoms with E-state index in [2.05, 4.69) is 37.9 Å². The number of nitrogens with zero attached hydrogens (tertiary/aromatic N) is 1. The Morgan fingerprint density at radius 1 is 1.14 bits per heavy atom. The smallest absolute Gasteiger partial charge is 0.0107 e. The Morgan fingerprint density at radius 2 is 1.79 bits per heavy atom. The van der Waals surface area contributed by atoms with Gasteiger partial charge in [0, 0.05) is 13.1 Å². The van der Waals surface area contributed by atoms with E-state index in [0.717, 1.165) is 12.5 Å². The second-order valence-electron chi connectivity index (χ2n) is 4.12. The molecule has 0 fully saturated rings. The van der Waals surface area contributed by atoms with Crippen LogP contribution in [0.2, 0.25) is 0 Å². The largest absolute Gasteiger partial charge is 0.315 e. The highest BCUT2D eigenvalue weighted by atomic mass is 15.1. The molecule has 0 aliphatic heterocycles. The van der Waals surface area contributed by atoms with Crippen molar-refractivity contribution in [3.8, 4) is 0 Å². The first-order valence-electron chi connectivity index (χ1n) is 6.17. The third-order valence-corrected chi connectivity index (χ3v) is 2.77. The fourth-order valence-corrected chi connectivity index (χ4v) is 1.72. The van der Waals surface area contributed by atoms with E-state index in [1.807, 2.05) is 0 Å². The lowest BCUT2D eigenvalue weighted by Crippen LogP contribution is -2.33. The molecule has 0 radical (unpaired) electrons. The fraction of sp³-hybridized carbons (Fsp3) is 1.00. The molecule has 1 N–H and O–H groups in total. The summed E-state index contributed by atoms with van der Waals surface area (Å²) in [4.78, 5) is 2.46. The number of rotatable bonds is 9. The van der Waals surface area contributed by atoms with Crippen LogP contribution in [0.25, 0.3) is 0 Å². The molecule has 0 saturated carbocycles. The average Bonchev–Trinajstić information content (AvgIpc) is 2.19. The molecular formula is C12H28N2. The van der Waals surface area contributed by atoms with Gasteiger partial charge < -0.3 is 10.2 Å². The molecule has 0 aliphatic rings. The zero-order valence-corrected chi connectivity index (χ0v) is 10.5. The summed E-state index contributed by atoms with van der Waals surface area (Å²) in [6.07, 6.45) is 2.65. The Balaban J connectivity index is 3.27. The molecule has 0 aliphatic carbocycles. The standard InChI is InChI=1S/C12H28N2/c1-5-8-12(4)11-13-9-10-14(6-2)7-3/h12-13H,5-11H2,1-4H3. The highest BCUT2D eigenvalue weighted by molar-refractivity contribution is 4.59. The zero-order chi connectivity index (χ0) is 10.8. The van der Waals surface area contributed by atoms with Crippen molar-refractivity contribution in [1.82, 2.24) is 10.2 Å². The van der Waals surface area contributed by atoms with Crippen molar-refractivity contribution in [2.75, 3.05) is 32.7 Å². The van der Waals surface area contributed by atoms with Crippen LogP contribution in [0.5, 0.6) is 0 Å². The summed E-state index contributed by atoms with van der Waals surface area (Å²) in [5.41, 5.74) is 0. The van der Waals surface area contributed by atoms with Gasteiger partial charge in [0.25, 0.3) is 0 Å². The first-order chi connectivity index (χ1) is 6.74. The van der Waals surface area contributed by atoms with Gasteiger partial charge in [-0.2, -0.15) is 0 Å². The van der Waals surface area contributed by atoms with Crippen molar-refractivity contribution >= 4 is 0 Å². The van der Waals surface area contributed by atoms with Crippen LogP contribution in [0.4, 0.5) is 0 Å². The summed E-state index contributed by atoms with van der Waals surface area (Å²) in [6.45, 7) is 14.9. The van der Waals surface area contributed by atoms with Crippen molar-refractivity contribution in [3.05, 3.63) is 0 Å². The Morgan fingerprint density at radius 3 is 2.29 bits per heavy atom. The second-order valence-corrected chi connectivity index (χ2v) is 4.12. The lowest BCUT2D eigenvalue weighted by Gasteiger charge is -2.19. The molecule has 0 heterocycles. The first-order valence-corrected chi connectivity index (χ1v) is 6.17. The highest BCUT2D eigenvalue weighted by Crippen LogP contribution is 2.02. The zero-order valence-electron chi connectivity index (χ0n) is 10.5. The van der Waals surface area contributed by atoms with E-state index in [4.69, 9.17) is 0 Å². The Hall–Kier alpha value is -0.0800. The van der Waals surface area contributed by atoms with Crippen LogP contribution in [0.1, 0.15) is 40.5 Å². The Kier molecular flexibility index (Phi) is 9.42. The molecule has 2 nitrogen and oxygen atoms in total. The van der Waals surface area contributed by atoms with E-state index in [1.54, 1.807) is 0 Å². The summed E-state index contributed by atoms with van der Waals surface area (Å²) in [6, 6.07) is 0. The second kappa shape index (κ2) is 9.47. The van der Waals surface area contributed by atoms with Crippen molar-refractivity contribution in [1.29, 1.82) is 0 Å². The number of likely N-dealkylation sites (N-methyl/N-ethyl adjacent to an activating group) is 1. The quantitative estimate of drug-likeness (QED) is 0.575. The third kappa shape index (κ3) is 7.34. The summed E-state index contributed by atoms with van der Waals surface area (Å²) in [7, 11) is 0. The molecule has 0 amide bonds.